The van der Waals surface area contributed by atoms with Crippen LogP contribution in [-0.2, 0) is 6.42 Å². The Bertz CT molecular complexity index is 360. The van der Waals surface area contributed by atoms with Crippen LogP contribution in [0, 0.1) is 11.6 Å². The Morgan fingerprint density at radius 1 is 1.35 bits per heavy atom. The van der Waals surface area contributed by atoms with Gasteiger partial charge in [0.1, 0.15) is 0 Å². The average Bonchev–Trinajstić information content (AvgIpc) is 2.30. The first-order valence-electron chi connectivity index (χ1n) is 5.53. The first kappa shape index (κ1) is 14.0. The number of hydrogen-bond donors (Lipinski definition) is 2. The van der Waals surface area contributed by atoms with E-state index in [1.807, 2.05) is 11.9 Å². The Morgan fingerprint density at radius 3 is 2.65 bits per heavy atom. The molecular weight excluding hydrogens is 226 g/mol. The van der Waals surface area contributed by atoms with Gasteiger partial charge in [-0.05, 0) is 31.2 Å². The molecule has 0 fully saturated rings. The molecule has 0 bridgehead atoms. The molecule has 5 heteroatoms. The highest BCUT2D eigenvalue weighted by Gasteiger charge is 2.07. The van der Waals surface area contributed by atoms with Gasteiger partial charge in [-0.3, -0.25) is 0 Å². The van der Waals surface area contributed by atoms with Crippen molar-refractivity contribution >= 4 is 0 Å². The van der Waals surface area contributed by atoms with Gasteiger partial charge in [-0.2, -0.15) is 0 Å². The summed E-state index contributed by atoms with van der Waals surface area (Å²) in [4.78, 5) is 1.90. The van der Waals surface area contributed by atoms with E-state index in [2.05, 4.69) is 0 Å². The molecule has 17 heavy (non-hydrogen) atoms. The van der Waals surface area contributed by atoms with Gasteiger partial charge in [-0.15, -0.1) is 0 Å². The Morgan fingerprint density at radius 2 is 2.06 bits per heavy atom. The molecule has 0 aliphatic heterocycles. The van der Waals surface area contributed by atoms with Crippen LogP contribution >= 0.6 is 0 Å². The first-order valence-corrected chi connectivity index (χ1v) is 5.53. The third kappa shape index (κ3) is 4.77. The highest BCUT2D eigenvalue weighted by molar-refractivity contribution is 5.18. The number of halogens is 2. The van der Waals surface area contributed by atoms with Gasteiger partial charge in [-0.25, -0.2) is 8.78 Å². The van der Waals surface area contributed by atoms with Crippen LogP contribution in [0.3, 0.4) is 0 Å². The molecule has 0 saturated carbocycles. The summed E-state index contributed by atoms with van der Waals surface area (Å²) in [5, 5.41) is 9.33. The second-order valence-corrected chi connectivity index (χ2v) is 4.15. The normalized spacial score (nSPS) is 13.1. The summed E-state index contributed by atoms with van der Waals surface area (Å²) < 4.78 is 25.6. The minimum atomic E-state index is -0.833. The molecule has 0 spiro atoms. The van der Waals surface area contributed by atoms with E-state index in [1.54, 1.807) is 6.07 Å². The van der Waals surface area contributed by atoms with Gasteiger partial charge >= 0.3 is 0 Å². The maximum atomic E-state index is 12.9. The van der Waals surface area contributed by atoms with E-state index in [0.29, 0.717) is 19.5 Å². The molecule has 0 heterocycles. The van der Waals surface area contributed by atoms with Crippen LogP contribution in [0.1, 0.15) is 5.56 Å². The van der Waals surface area contributed by atoms with Gasteiger partial charge in [0.05, 0.1) is 6.10 Å². The number of hydrogen-bond acceptors (Lipinski definition) is 3. The smallest absolute Gasteiger partial charge is 0.159 e. The predicted molar refractivity (Wildman–Crippen MR) is 62.6 cm³/mol. The van der Waals surface area contributed by atoms with E-state index < -0.39 is 17.7 Å². The quantitative estimate of drug-likeness (QED) is 0.776. The fraction of sp³-hybridized carbons (Fsp3) is 0.500. The zero-order valence-corrected chi connectivity index (χ0v) is 9.87. The van der Waals surface area contributed by atoms with Crippen molar-refractivity contribution in [2.24, 2.45) is 5.73 Å². The van der Waals surface area contributed by atoms with Gasteiger partial charge < -0.3 is 15.7 Å². The second-order valence-electron chi connectivity index (χ2n) is 4.15. The molecule has 0 aliphatic rings. The van der Waals surface area contributed by atoms with Crippen molar-refractivity contribution in [2.75, 3.05) is 26.7 Å². The number of aliphatic hydroxyl groups is 1. The minimum absolute atomic E-state index is 0.218. The van der Waals surface area contributed by atoms with E-state index >= 15 is 0 Å². The molecule has 0 aromatic heterocycles. The van der Waals surface area contributed by atoms with Gasteiger partial charge in [0.15, 0.2) is 11.6 Å². The number of nitrogens with two attached hydrogens (primary N) is 1. The summed E-state index contributed by atoms with van der Waals surface area (Å²) in [7, 11) is 1.85. The van der Waals surface area contributed by atoms with Gasteiger partial charge in [0.25, 0.3) is 0 Å². The van der Waals surface area contributed by atoms with E-state index in [1.165, 1.54) is 6.07 Å². The standard InChI is InChI=1S/C12H18F2N2O/c1-16(8-10(17)7-15)5-4-9-2-3-11(13)12(14)6-9/h2-3,6,10,17H,4-5,7-8,15H2,1H3. The maximum Gasteiger partial charge on any atom is 0.159 e. The fourth-order valence-electron chi connectivity index (χ4n) is 1.54. The molecular formula is C12H18F2N2O. The van der Waals surface area contributed by atoms with Crippen molar-refractivity contribution in [1.29, 1.82) is 0 Å². The summed E-state index contributed by atoms with van der Waals surface area (Å²) in [5.74, 6) is -1.66. The predicted octanol–water partition coefficient (Wildman–Crippen LogP) is 0.759. The fourth-order valence-corrected chi connectivity index (χ4v) is 1.54. The summed E-state index contributed by atoms with van der Waals surface area (Å²) in [6, 6.07) is 3.88. The lowest BCUT2D eigenvalue weighted by Crippen LogP contribution is -2.35. The van der Waals surface area contributed by atoms with Gasteiger partial charge in [0, 0.05) is 19.6 Å². The number of aliphatic hydroxyl groups excluding tert-OH is 1. The monoisotopic (exact) mass is 244 g/mol. The highest BCUT2D eigenvalue weighted by Crippen LogP contribution is 2.09. The molecule has 3 nitrogen and oxygen atoms in total. The van der Waals surface area contributed by atoms with Gasteiger partial charge in [0.2, 0.25) is 0 Å². The zero-order valence-electron chi connectivity index (χ0n) is 9.87. The Labute approximate surface area is 99.8 Å². The van der Waals surface area contributed by atoms with Crippen molar-refractivity contribution in [3.8, 4) is 0 Å². The molecule has 1 aromatic carbocycles. The van der Waals surface area contributed by atoms with E-state index in [9.17, 15) is 13.9 Å². The lowest BCUT2D eigenvalue weighted by Gasteiger charge is -2.19. The lowest BCUT2D eigenvalue weighted by atomic mass is 10.1. The molecule has 0 radical (unpaired) electrons. The molecule has 1 aromatic rings. The molecule has 1 unspecified atom stereocenters. The second kappa shape index (κ2) is 6.64. The van der Waals surface area contributed by atoms with Crippen molar-refractivity contribution in [1.82, 2.24) is 4.90 Å². The minimum Gasteiger partial charge on any atom is -0.390 e. The van der Waals surface area contributed by atoms with E-state index in [-0.39, 0.29) is 6.54 Å². The van der Waals surface area contributed by atoms with Crippen molar-refractivity contribution < 1.29 is 13.9 Å². The Kier molecular flexibility index (Phi) is 5.47. The summed E-state index contributed by atoms with van der Waals surface area (Å²) in [5.41, 5.74) is 6.03. The zero-order chi connectivity index (χ0) is 12.8. The molecule has 1 rings (SSSR count). The third-order valence-corrected chi connectivity index (χ3v) is 2.56. The van der Waals surface area contributed by atoms with Crippen molar-refractivity contribution in [3.05, 3.63) is 35.4 Å². The number of nitrogens with zero attached hydrogens (tertiary/aromatic N) is 1. The van der Waals surface area contributed by atoms with Crippen LogP contribution in [0.5, 0.6) is 0 Å². The van der Waals surface area contributed by atoms with Gasteiger partial charge in [-0.1, -0.05) is 6.07 Å². The third-order valence-electron chi connectivity index (χ3n) is 2.56. The van der Waals surface area contributed by atoms with Crippen molar-refractivity contribution in [2.45, 2.75) is 12.5 Å². The summed E-state index contributed by atoms with van der Waals surface area (Å²) in [6.07, 6.45) is 0.0512. The highest BCUT2D eigenvalue weighted by atomic mass is 19.2. The van der Waals surface area contributed by atoms with Crippen LogP contribution in [0.25, 0.3) is 0 Å². The number of rotatable bonds is 6. The van der Waals surface area contributed by atoms with Crippen molar-refractivity contribution in [3.63, 3.8) is 0 Å². The molecule has 1 atom stereocenters. The number of benzene rings is 1. The average molecular weight is 244 g/mol. The van der Waals surface area contributed by atoms with Crippen LogP contribution in [0.2, 0.25) is 0 Å². The Balaban J connectivity index is 2.42. The maximum absolute atomic E-state index is 12.9. The topological polar surface area (TPSA) is 49.5 Å². The molecule has 96 valence electrons. The molecule has 0 saturated heterocycles. The number of likely N-dealkylation sites (N-methyl/N-ethyl adjacent to an activating group) is 1. The summed E-state index contributed by atoms with van der Waals surface area (Å²) >= 11 is 0. The molecule has 0 amide bonds. The van der Waals surface area contributed by atoms with Crippen LogP contribution in [0.4, 0.5) is 8.78 Å². The van der Waals surface area contributed by atoms with Crippen LogP contribution in [-0.4, -0.2) is 42.8 Å². The van der Waals surface area contributed by atoms with Crippen LogP contribution in [0.15, 0.2) is 18.2 Å². The van der Waals surface area contributed by atoms with Crippen LogP contribution < -0.4 is 5.73 Å². The lowest BCUT2D eigenvalue weighted by molar-refractivity contribution is 0.133. The first-order chi connectivity index (χ1) is 8.02. The molecule has 0 aliphatic carbocycles. The summed E-state index contributed by atoms with van der Waals surface area (Å²) in [6.45, 7) is 1.35. The Hall–Kier alpha value is -1.04. The van der Waals surface area contributed by atoms with E-state index in [4.69, 9.17) is 5.73 Å². The SMILES string of the molecule is CN(CCc1ccc(F)c(F)c1)CC(O)CN. The largest absolute Gasteiger partial charge is 0.390 e. The van der Waals surface area contributed by atoms with E-state index in [0.717, 1.165) is 11.6 Å². The molecule has 3 N–H and O–H groups in total.